The highest BCUT2D eigenvalue weighted by Crippen LogP contribution is 2.13. The predicted octanol–water partition coefficient (Wildman–Crippen LogP) is 2.45. The topological polar surface area (TPSA) is 68.0 Å². The predicted molar refractivity (Wildman–Crippen MR) is 62.8 cm³/mol. The summed E-state index contributed by atoms with van der Waals surface area (Å²) < 4.78 is 5.24. The van der Waals surface area contributed by atoms with Crippen molar-refractivity contribution in [3.05, 3.63) is 42.1 Å². The summed E-state index contributed by atoms with van der Waals surface area (Å²) in [4.78, 5) is 11.7. The number of hydrogen-bond donors (Lipinski definition) is 1. The number of benzene rings is 1. The molecule has 1 amide bonds. The third-order valence-corrected chi connectivity index (χ3v) is 2.16. The summed E-state index contributed by atoms with van der Waals surface area (Å²) in [5.74, 6) is 0.164. The van der Waals surface area contributed by atoms with Crippen LogP contribution in [0.4, 0.5) is 5.69 Å². The molecule has 0 unspecified atom stereocenters. The van der Waals surface area contributed by atoms with Crippen molar-refractivity contribution in [3.8, 4) is 0 Å². The Morgan fingerprint density at radius 2 is 1.94 bits per heavy atom. The molecule has 0 aliphatic rings. The smallest absolute Gasteiger partial charge is 0.313 e. The molecule has 1 aromatic carbocycles. The van der Waals surface area contributed by atoms with Crippen molar-refractivity contribution in [1.82, 2.24) is 10.2 Å². The summed E-state index contributed by atoms with van der Waals surface area (Å²) in [6.45, 7) is 3.85. The molecule has 2 aromatic rings. The number of carbonyl (C=O) groups is 1. The van der Waals surface area contributed by atoms with Gasteiger partial charge in [-0.1, -0.05) is 32.0 Å². The molecule has 0 radical (unpaired) electrons. The number of carbonyl (C=O) groups excluding carboxylic acids is 1. The van der Waals surface area contributed by atoms with Crippen molar-refractivity contribution in [2.24, 2.45) is 0 Å². The van der Waals surface area contributed by atoms with Gasteiger partial charge in [-0.2, -0.15) is 0 Å². The highest BCUT2D eigenvalue weighted by atomic mass is 16.4. The monoisotopic (exact) mass is 231 g/mol. The van der Waals surface area contributed by atoms with Gasteiger partial charge in [-0.15, -0.1) is 10.2 Å². The first kappa shape index (κ1) is 11.3. The molecule has 0 spiro atoms. The highest BCUT2D eigenvalue weighted by molar-refractivity contribution is 6.00. The van der Waals surface area contributed by atoms with Crippen LogP contribution < -0.4 is 5.32 Å². The zero-order valence-corrected chi connectivity index (χ0v) is 9.68. The van der Waals surface area contributed by atoms with E-state index in [0.29, 0.717) is 11.6 Å². The molecule has 0 atom stereocenters. The minimum absolute atomic E-state index is 0.0162. The summed E-state index contributed by atoms with van der Waals surface area (Å²) in [6.07, 6.45) is 0. The van der Waals surface area contributed by atoms with Gasteiger partial charge in [0.05, 0.1) is 0 Å². The molecular weight excluding hydrogens is 218 g/mol. The molecule has 1 aromatic heterocycles. The van der Waals surface area contributed by atoms with Gasteiger partial charge in [0.25, 0.3) is 0 Å². The Balaban J connectivity index is 2.10. The van der Waals surface area contributed by atoms with Gasteiger partial charge in [-0.3, -0.25) is 4.79 Å². The van der Waals surface area contributed by atoms with Gasteiger partial charge in [0.2, 0.25) is 5.89 Å². The molecule has 1 heterocycles. The molecular formula is C12H13N3O2. The fourth-order valence-electron chi connectivity index (χ4n) is 1.27. The fourth-order valence-corrected chi connectivity index (χ4v) is 1.27. The van der Waals surface area contributed by atoms with E-state index in [1.807, 2.05) is 32.0 Å². The molecule has 1 N–H and O–H groups in total. The van der Waals surface area contributed by atoms with Gasteiger partial charge in [0, 0.05) is 11.6 Å². The highest BCUT2D eigenvalue weighted by Gasteiger charge is 2.16. The lowest BCUT2D eigenvalue weighted by atomic mass is 10.2. The summed E-state index contributed by atoms with van der Waals surface area (Å²) >= 11 is 0. The average Bonchev–Trinajstić information content (AvgIpc) is 2.79. The number of para-hydroxylation sites is 1. The number of hydrogen-bond acceptors (Lipinski definition) is 4. The Kier molecular flexibility index (Phi) is 3.18. The van der Waals surface area contributed by atoms with Gasteiger partial charge in [0.15, 0.2) is 0 Å². The lowest BCUT2D eigenvalue weighted by molar-refractivity contribution is 0.0988. The van der Waals surface area contributed by atoms with E-state index in [9.17, 15) is 4.79 Å². The fraction of sp³-hybridized carbons (Fsp3) is 0.250. The van der Waals surface area contributed by atoms with Gasteiger partial charge in [-0.05, 0) is 12.1 Å². The van der Waals surface area contributed by atoms with E-state index >= 15 is 0 Å². The van der Waals surface area contributed by atoms with E-state index in [1.165, 1.54) is 0 Å². The van der Waals surface area contributed by atoms with Crippen LogP contribution in [0.3, 0.4) is 0 Å². The van der Waals surface area contributed by atoms with Gasteiger partial charge >= 0.3 is 11.8 Å². The number of rotatable bonds is 3. The lowest BCUT2D eigenvalue weighted by Crippen LogP contribution is -2.12. The average molecular weight is 231 g/mol. The second-order valence-corrected chi connectivity index (χ2v) is 3.92. The zero-order chi connectivity index (χ0) is 12.3. The van der Waals surface area contributed by atoms with Crippen molar-refractivity contribution in [3.63, 3.8) is 0 Å². The summed E-state index contributed by atoms with van der Waals surface area (Å²) in [7, 11) is 0. The van der Waals surface area contributed by atoms with Crippen LogP contribution in [0.1, 0.15) is 36.3 Å². The number of aromatic nitrogens is 2. The molecule has 2 rings (SSSR count). The van der Waals surface area contributed by atoms with Crippen LogP contribution in [0.15, 0.2) is 34.7 Å². The van der Waals surface area contributed by atoms with Gasteiger partial charge < -0.3 is 9.73 Å². The molecule has 0 bridgehead atoms. The maximum absolute atomic E-state index is 11.7. The summed E-state index contributed by atoms with van der Waals surface area (Å²) in [5.41, 5.74) is 0.696. The third-order valence-electron chi connectivity index (χ3n) is 2.16. The number of nitrogens with one attached hydrogen (secondary N) is 1. The van der Waals surface area contributed by atoms with Crippen LogP contribution in [0.2, 0.25) is 0 Å². The minimum Gasteiger partial charge on any atom is -0.417 e. The van der Waals surface area contributed by atoms with E-state index in [-0.39, 0.29) is 11.8 Å². The SMILES string of the molecule is CC(C)c1nnc(C(=O)Nc2ccccc2)o1. The molecule has 0 fully saturated rings. The molecule has 0 saturated heterocycles. The lowest BCUT2D eigenvalue weighted by Gasteiger charge is -2.00. The Bertz CT molecular complexity index is 505. The van der Waals surface area contributed by atoms with Crippen LogP contribution >= 0.6 is 0 Å². The second kappa shape index (κ2) is 4.78. The maximum atomic E-state index is 11.7. The first-order chi connectivity index (χ1) is 8.16. The van der Waals surface area contributed by atoms with Crippen molar-refractivity contribution in [1.29, 1.82) is 0 Å². The van der Waals surface area contributed by atoms with E-state index in [2.05, 4.69) is 15.5 Å². The largest absolute Gasteiger partial charge is 0.417 e. The van der Waals surface area contributed by atoms with Gasteiger partial charge in [-0.25, -0.2) is 0 Å². The van der Waals surface area contributed by atoms with E-state index in [1.54, 1.807) is 12.1 Å². The standard InChI is InChI=1S/C12H13N3O2/c1-8(2)11-14-15-12(17-11)10(16)13-9-6-4-3-5-7-9/h3-8H,1-2H3,(H,13,16). The van der Waals surface area contributed by atoms with Crippen molar-refractivity contribution >= 4 is 11.6 Å². The molecule has 17 heavy (non-hydrogen) atoms. The molecule has 0 aliphatic heterocycles. The maximum Gasteiger partial charge on any atom is 0.313 e. The first-order valence-corrected chi connectivity index (χ1v) is 5.36. The van der Waals surface area contributed by atoms with Crippen LogP contribution in [-0.2, 0) is 0 Å². The van der Waals surface area contributed by atoms with Crippen molar-refractivity contribution in [2.45, 2.75) is 19.8 Å². The molecule has 0 saturated carbocycles. The second-order valence-electron chi connectivity index (χ2n) is 3.92. The van der Waals surface area contributed by atoms with Crippen molar-refractivity contribution < 1.29 is 9.21 Å². The number of nitrogens with zero attached hydrogens (tertiary/aromatic N) is 2. The summed E-state index contributed by atoms with van der Waals surface area (Å²) in [5, 5.41) is 10.2. The zero-order valence-electron chi connectivity index (χ0n) is 9.68. The Morgan fingerprint density at radius 1 is 1.24 bits per heavy atom. The minimum atomic E-state index is -0.393. The van der Waals surface area contributed by atoms with E-state index in [4.69, 9.17) is 4.42 Å². The Labute approximate surface area is 98.9 Å². The van der Waals surface area contributed by atoms with E-state index in [0.717, 1.165) is 0 Å². The number of anilines is 1. The molecule has 5 heteroatoms. The summed E-state index contributed by atoms with van der Waals surface area (Å²) in [6, 6.07) is 9.13. The molecule has 5 nitrogen and oxygen atoms in total. The van der Waals surface area contributed by atoms with Gasteiger partial charge in [0.1, 0.15) is 0 Å². The quantitative estimate of drug-likeness (QED) is 0.880. The van der Waals surface area contributed by atoms with Crippen LogP contribution in [0.5, 0.6) is 0 Å². The Hall–Kier alpha value is -2.17. The number of amides is 1. The van der Waals surface area contributed by atoms with Crippen LogP contribution in [0, 0.1) is 0 Å². The molecule has 0 aliphatic carbocycles. The molecule has 88 valence electrons. The van der Waals surface area contributed by atoms with Crippen LogP contribution in [-0.4, -0.2) is 16.1 Å². The van der Waals surface area contributed by atoms with E-state index < -0.39 is 5.91 Å². The third kappa shape index (κ3) is 2.69. The Morgan fingerprint density at radius 3 is 2.53 bits per heavy atom. The normalized spacial score (nSPS) is 10.5. The first-order valence-electron chi connectivity index (χ1n) is 5.36. The van der Waals surface area contributed by atoms with Crippen molar-refractivity contribution in [2.75, 3.05) is 5.32 Å². The van der Waals surface area contributed by atoms with Crippen LogP contribution in [0.25, 0.3) is 0 Å².